The lowest BCUT2D eigenvalue weighted by Crippen LogP contribution is -2.44. The first kappa shape index (κ1) is 22.7. The maximum Gasteiger partial charge on any atom is 0.330 e. The Kier molecular flexibility index (Phi) is 7.61. The molecule has 0 spiro atoms. The highest BCUT2D eigenvalue weighted by molar-refractivity contribution is 7.80. The SMILES string of the molecule is CCCCn1c(N)c(N(CC(C)C)C(=S)Nc2ccc(C)c(C)c2)c(=O)[nH]c1=O. The number of benzene rings is 1. The van der Waals surface area contributed by atoms with Crippen LogP contribution in [0.4, 0.5) is 17.2 Å². The molecule has 2 aromatic rings. The van der Waals surface area contributed by atoms with Crippen LogP contribution < -0.4 is 27.2 Å². The number of nitrogens with zero attached hydrogens (tertiary/aromatic N) is 2. The highest BCUT2D eigenvalue weighted by atomic mass is 32.1. The van der Waals surface area contributed by atoms with Gasteiger partial charge >= 0.3 is 5.69 Å². The molecule has 0 fully saturated rings. The van der Waals surface area contributed by atoms with Crippen molar-refractivity contribution in [3.63, 3.8) is 0 Å². The third-order valence-corrected chi connectivity index (χ3v) is 5.09. The van der Waals surface area contributed by atoms with Crippen LogP contribution in [-0.4, -0.2) is 21.2 Å². The molecule has 1 aromatic carbocycles. The quantitative estimate of drug-likeness (QED) is 0.598. The van der Waals surface area contributed by atoms with Crippen molar-refractivity contribution < 1.29 is 0 Å². The number of nitrogens with two attached hydrogens (primary N) is 1. The van der Waals surface area contributed by atoms with Crippen LogP contribution in [0.5, 0.6) is 0 Å². The van der Waals surface area contributed by atoms with Crippen molar-refractivity contribution >= 4 is 34.5 Å². The van der Waals surface area contributed by atoms with Crippen molar-refractivity contribution in [2.75, 3.05) is 22.5 Å². The number of aryl methyl sites for hydroxylation is 2. The topological polar surface area (TPSA) is 96.2 Å². The van der Waals surface area contributed by atoms with E-state index in [1.807, 2.05) is 52.8 Å². The summed E-state index contributed by atoms with van der Waals surface area (Å²) in [5.74, 6) is 0.349. The average molecular weight is 418 g/mol. The number of nitrogen functional groups attached to an aromatic ring is 1. The summed E-state index contributed by atoms with van der Waals surface area (Å²) >= 11 is 5.64. The average Bonchev–Trinajstić information content (AvgIpc) is 2.63. The molecule has 4 N–H and O–H groups in total. The van der Waals surface area contributed by atoms with E-state index in [1.165, 1.54) is 10.1 Å². The van der Waals surface area contributed by atoms with Crippen LogP contribution >= 0.6 is 12.2 Å². The van der Waals surface area contributed by atoms with Crippen LogP contribution in [0.1, 0.15) is 44.7 Å². The number of hydrogen-bond donors (Lipinski definition) is 3. The standard InChI is InChI=1S/C21H31N5O2S/c1-6-7-10-25-18(22)17(19(27)24-20(25)28)26(12-13(2)3)21(29)23-16-9-8-14(4)15(5)11-16/h8-9,11,13H,6-7,10,12,22H2,1-5H3,(H,23,29)(H,24,27,28). The Labute approximate surface area is 176 Å². The van der Waals surface area contributed by atoms with Gasteiger partial charge in [-0.1, -0.05) is 33.3 Å². The van der Waals surface area contributed by atoms with Crippen LogP contribution in [0.25, 0.3) is 0 Å². The van der Waals surface area contributed by atoms with Gasteiger partial charge in [0.05, 0.1) is 0 Å². The van der Waals surface area contributed by atoms with Crippen molar-refractivity contribution in [1.82, 2.24) is 9.55 Å². The van der Waals surface area contributed by atoms with E-state index in [-0.39, 0.29) is 17.4 Å². The Morgan fingerprint density at radius 1 is 1.28 bits per heavy atom. The molecular formula is C21H31N5O2S. The minimum Gasteiger partial charge on any atom is -0.383 e. The second-order valence-corrected chi connectivity index (χ2v) is 8.12. The highest BCUT2D eigenvalue weighted by Crippen LogP contribution is 2.21. The molecule has 0 unspecified atom stereocenters. The predicted molar refractivity (Wildman–Crippen MR) is 125 cm³/mol. The monoisotopic (exact) mass is 417 g/mol. The fourth-order valence-electron chi connectivity index (χ4n) is 3.03. The smallest absolute Gasteiger partial charge is 0.330 e. The fourth-order valence-corrected chi connectivity index (χ4v) is 3.31. The summed E-state index contributed by atoms with van der Waals surface area (Å²) in [7, 11) is 0. The first-order chi connectivity index (χ1) is 13.6. The van der Waals surface area contributed by atoms with Gasteiger partial charge in [-0.2, -0.15) is 0 Å². The molecule has 158 valence electrons. The number of anilines is 3. The molecule has 7 nitrogen and oxygen atoms in total. The predicted octanol–water partition coefficient (Wildman–Crippen LogP) is 3.40. The molecule has 2 rings (SSSR count). The Bertz CT molecular complexity index is 994. The van der Waals surface area contributed by atoms with E-state index in [0.717, 1.165) is 24.1 Å². The van der Waals surface area contributed by atoms with Gasteiger partial charge in [0.15, 0.2) is 10.8 Å². The number of unbranched alkanes of at least 4 members (excludes halogenated alkanes) is 1. The molecule has 0 aliphatic carbocycles. The molecule has 0 atom stereocenters. The van der Waals surface area contributed by atoms with Crippen molar-refractivity contribution in [2.24, 2.45) is 5.92 Å². The van der Waals surface area contributed by atoms with Gasteiger partial charge in [-0.05, 0) is 61.7 Å². The Morgan fingerprint density at radius 3 is 2.55 bits per heavy atom. The number of aromatic nitrogens is 2. The zero-order valence-electron chi connectivity index (χ0n) is 17.8. The largest absolute Gasteiger partial charge is 0.383 e. The Balaban J connectivity index is 2.48. The Hall–Kier alpha value is -2.61. The van der Waals surface area contributed by atoms with Crippen LogP contribution in [-0.2, 0) is 6.54 Å². The summed E-state index contributed by atoms with van der Waals surface area (Å²) in [5.41, 5.74) is 8.62. The number of hydrogen-bond acceptors (Lipinski definition) is 4. The number of thiocarbonyl (C=S) groups is 1. The third-order valence-electron chi connectivity index (χ3n) is 4.77. The molecule has 0 amide bonds. The molecule has 1 heterocycles. The van der Waals surface area contributed by atoms with Gasteiger partial charge in [-0.3, -0.25) is 14.3 Å². The summed E-state index contributed by atoms with van der Waals surface area (Å²) in [6.45, 7) is 11.1. The number of rotatable bonds is 7. The van der Waals surface area contributed by atoms with E-state index in [4.69, 9.17) is 18.0 Å². The number of nitrogens with one attached hydrogen (secondary N) is 2. The van der Waals surface area contributed by atoms with Gasteiger partial charge in [-0.15, -0.1) is 0 Å². The maximum absolute atomic E-state index is 12.7. The highest BCUT2D eigenvalue weighted by Gasteiger charge is 2.23. The molecule has 0 saturated heterocycles. The molecule has 0 aliphatic rings. The fraction of sp³-hybridized carbons (Fsp3) is 0.476. The lowest BCUT2D eigenvalue weighted by molar-refractivity contribution is 0.601. The van der Waals surface area contributed by atoms with E-state index in [0.29, 0.717) is 18.2 Å². The second kappa shape index (κ2) is 9.73. The normalized spacial score (nSPS) is 11.0. The molecule has 0 saturated carbocycles. The molecule has 0 aliphatic heterocycles. The van der Waals surface area contributed by atoms with E-state index in [2.05, 4.69) is 10.3 Å². The van der Waals surface area contributed by atoms with Gasteiger partial charge in [0.25, 0.3) is 5.56 Å². The van der Waals surface area contributed by atoms with Gasteiger partial charge in [-0.25, -0.2) is 4.79 Å². The van der Waals surface area contributed by atoms with E-state index >= 15 is 0 Å². The van der Waals surface area contributed by atoms with Crippen molar-refractivity contribution in [1.29, 1.82) is 0 Å². The molecule has 0 radical (unpaired) electrons. The van der Waals surface area contributed by atoms with E-state index in [1.54, 1.807) is 4.90 Å². The Morgan fingerprint density at radius 2 is 1.97 bits per heavy atom. The molecule has 8 heteroatoms. The van der Waals surface area contributed by atoms with Gasteiger partial charge in [0, 0.05) is 18.8 Å². The minimum absolute atomic E-state index is 0.136. The van der Waals surface area contributed by atoms with Gasteiger partial charge < -0.3 is 16.0 Å². The summed E-state index contributed by atoms with van der Waals surface area (Å²) in [6.07, 6.45) is 1.69. The first-order valence-corrected chi connectivity index (χ1v) is 10.3. The van der Waals surface area contributed by atoms with Crippen molar-refractivity contribution in [3.8, 4) is 0 Å². The maximum atomic E-state index is 12.7. The third kappa shape index (κ3) is 5.47. The minimum atomic E-state index is -0.537. The summed E-state index contributed by atoms with van der Waals surface area (Å²) in [5, 5.41) is 3.57. The first-order valence-electron chi connectivity index (χ1n) is 9.94. The van der Waals surface area contributed by atoms with E-state index in [9.17, 15) is 9.59 Å². The van der Waals surface area contributed by atoms with Gasteiger partial charge in [0.1, 0.15) is 5.82 Å². The van der Waals surface area contributed by atoms with Crippen molar-refractivity contribution in [2.45, 2.75) is 54.0 Å². The lowest BCUT2D eigenvalue weighted by atomic mass is 10.1. The second-order valence-electron chi connectivity index (χ2n) is 7.73. The van der Waals surface area contributed by atoms with E-state index < -0.39 is 11.2 Å². The lowest BCUT2D eigenvalue weighted by Gasteiger charge is -2.28. The van der Waals surface area contributed by atoms with Crippen LogP contribution in [0.3, 0.4) is 0 Å². The number of H-pyrrole nitrogens is 1. The zero-order chi connectivity index (χ0) is 21.7. The summed E-state index contributed by atoms with van der Waals surface area (Å²) in [6, 6.07) is 5.96. The zero-order valence-corrected chi connectivity index (χ0v) is 18.7. The van der Waals surface area contributed by atoms with Crippen molar-refractivity contribution in [3.05, 3.63) is 50.2 Å². The molecular weight excluding hydrogens is 386 g/mol. The molecule has 29 heavy (non-hydrogen) atoms. The summed E-state index contributed by atoms with van der Waals surface area (Å²) < 4.78 is 1.41. The van der Waals surface area contributed by atoms with Crippen LogP contribution in [0.15, 0.2) is 27.8 Å². The van der Waals surface area contributed by atoms with Gasteiger partial charge in [0.2, 0.25) is 0 Å². The number of aromatic amines is 1. The molecule has 0 bridgehead atoms. The summed E-state index contributed by atoms with van der Waals surface area (Å²) in [4.78, 5) is 29.0. The molecule has 1 aromatic heterocycles. The van der Waals surface area contributed by atoms with Crippen LogP contribution in [0.2, 0.25) is 0 Å². The van der Waals surface area contributed by atoms with Crippen LogP contribution in [0, 0.1) is 19.8 Å².